The van der Waals surface area contributed by atoms with Crippen molar-refractivity contribution in [2.24, 2.45) is 0 Å². The number of fused-ring (bicyclic) bond motifs is 2. The lowest BCUT2D eigenvalue weighted by molar-refractivity contribution is -0.145. The second-order valence-electron chi connectivity index (χ2n) is 12.4. The van der Waals surface area contributed by atoms with E-state index in [1.807, 2.05) is 42.5 Å². The number of nitrogens with zero attached hydrogens (tertiary/aromatic N) is 1. The van der Waals surface area contributed by atoms with E-state index in [-0.39, 0.29) is 26.0 Å². The predicted octanol–water partition coefficient (Wildman–Crippen LogP) is 6.43. The fourth-order valence-electron chi connectivity index (χ4n) is 5.36. The zero-order chi connectivity index (χ0) is 34.6. The molecule has 2 amide bonds. The molecule has 0 saturated carbocycles. The molecule has 10 nitrogen and oxygen atoms in total. The number of rotatable bonds is 8. The fourth-order valence-corrected chi connectivity index (χ4v) is 5.68. The maximum atomic E-state index is 13.5. The van der Waals surface area contributed by atoms with Crippen molar-refractivity contribution in [2.75, 3.05) is 13.7 Å². The summed E-state index contributed by atoms with van der Waals surface area (Å²) < 4.78 is 28.8. The van der Waals surface area contributed by atoms with E-state index < -0.39 is 41.8 Å². The van der Waals surface area contributed by atoms with Crippen LogP contribution in [0.3, 0.4) is 0 Å². The molecule has 3 atom stereocenters. The van der Waals surface area contributed by atoms with Crippen LogP contribution >= 0.6 is 23.2 Å². The Bertz CT molecular complexity index is 1730. The molecule has 0 aromatic heterocycles. The third kappa shape index (κ3) is 8.27. The molecule has 2 aliphatic rings. The summed E-state index contributed by atoms with van der Waals surface area (Å²) in [5.74, 6) is 2.85. The van der Waals surface area contributed by atoms with Crippen molar-refractivity contribution in [1.29, 1.82) is 0 Å². The molecule has 3 aromatic carbocycles. The molecule has 0 fully saturated rings. The molecule has 0 aliphatic carbocycles. The van der Waals surface area contributed by atoms with Crippen LogP contribution in [0.1, 0.15) is 55.5 Å². The molecule has 0 saturated heterocycles. The smallest absolute Gasteiger partial charge is 0.411 e. The third-order valence-corrected chi connectivity index (χ3v) is 8.49. The van der Waals surface area contributed by atoms with Crippen LogP contribution < -0.4 is 19.5 Å². The Morgan fingerprint density at radius 2 is 1.77 bits per heavy atom. The highest BCUT2D eigenvalue weighted by Gasteiger charge is 2.39. The number of halogens is 2. The monoisotopic (exact) mass is 694 g/mol. The highest BCUT2D eigenvalue weighted by atomic mass is 35.5. The summed E-state index contributed by atoms with van der Waals surface area (Å²) in [6.07, 6.45) is 4.43. The minimum atomic E-state index is -1.06. The van der Waals surface area contributed by atoms with Crippen LogP contribution in [0.5, 0.6) is 17.2 Å². The number of amides is 2. The second-order valence-corrected chi connectivity index (χ2v) is 13.2. The number of terminal acetylenes is 1. The Morgan fingerprint density at radius 3 is 2.44 bits per heavy atom. The summed E-state index contributed by atoms with van der Waals surface area (Å²) in [6, 6.07) is 14.5. The third-order valence-electron chi connectivity index (χ3n) is 7.75. The van der Waals surface area contributed by atoms with Crippen molar-refractivity contribution < 1.29 is 38.1 Å². The van der Waals surface area contributed by atoms with Crippen molar-refractivity contribution in [3.63, 3.8) is 0 Å². The number of methoxy groups -OCH3 is 1. The van der Waals surface area contributed by atoms with Gasteiger partial charge < -0.3 is 29.0 Å². The molecule has 0 bridgehead atoms. The van der Waals surface area contributed by atoms with E-state index in [1.54, 1.807) is 32.9 Å². The Kier molecular flexibility index (Phi) is 10.6. The Hall–Kier alpha value is -4.59. The van der Waals surface area contributed by atoms with E-state index >= 15 is 0 Å². The standard InChI is InChI=1S/C36H36Cl2N2O8/c1-6-7-28(34(42)44-5)39-33(41)29-15-23-16-30-31(17-24(23)18-40(29)35(43)48-36(2,3)4)47-32(20-46-30)22-9-11-25(12-10-22)45-19-21-8-13-26(37)27(38)14-21/h1,8-14,16-17,28-29,32H,7,15,18-20H2,2-5H3,(H,39,41)/t28-,29?,32?/m0/s1. The van der Waals surface area contributed by atoms with Gasteiger partial charge in [-0.1, -0.05) is 41.4 Å². The first kappa shape index (κ1) is 34.7. The van der Waals surface area contributed by atoms with E-state index in [0.717, 1.165) is 22.3 Å². The van der Waals surface area contributed by atoms with Gasteiger partial charge in [-0.25, -0.2) is 9.59 Å². The normalized spacial score (nSPS) is 17.3. The van der Waals surface area contributed by atoms with E-state index in [1.165, 1.54) is 12.0 Å². The molecule has 5 rings (SSSR count). The first-order chi connectivity index (χ1) is 22.8. The molecule has 12 heteroatoms. The zero-order valence-corrected chi connectivity index (χ0v) is 28.5. The lowest BCUT2D eigenvalue weighted by atomic mass is 9.92. The lowest BCUT2D eigenvalue weighted by Crippen LogP contribution is -2.56. The quantitative estimate of drug-likeness (QED) is 0.212. The summed E-state index contributed by atoms with van der Waals surface area (Å²) in [5, 5.41) is 3.60. The Balaban J connectivity index is 1.32. The maximum Gasteiger partial charge on any atom is 0.411 e. The zero-order valence-electron chi connectivity index (χ0n) is 27.0. The molecule has 2 heterocycles. The molecule has 1 N–H and O–H groups in total. The minimum Gasteiger partial charge on any atom is -0.489 e. The van der Waals surface area contributed by atoms with E-state index in [4.69, 9.17) is 53.3 Å². The second kappa shape index (κ2) is 14.7. The van der Waals surface area contributed by atoms with Gasteiger partial charge in [0.1, 0.15) is 36.6 Å². The molecular weight excluding hydrogens is 659 g/mol. The van der Waals surface area contributed by atoms with Crippen LogP contribution in [0, 0.1) is 12.3 Å². The van der Waals surface area contributed by atoms with Crippen LogP contribution in [0.15, 0.2) is 54.6 Å². The molecule has 2 aliphatic heterocycles. The van der Waals surface area contributed by atoms with Gasteiger partial charge in [0.25, 0.3) is 0 Å². The molecule has 2 unspecified atom stereocenters. The van der Waals surface area contributed by atoms with Gasteiger partial charge in [-0.05, 0) is 79.4 Å². The number of nitrogens with one attached hydrogen (secondary N) is 1. The van der Waals surface area contributed by atoms with Crippen molar-refractivity contribution >= 4 is 41.2 Å². The first-order valence-corrected chi connectivity index (χ1v) is 16.0. The van der Waals surface area contributed by atoms with E-state index in [0.29, 0.717) is 33.9 Å². The fraction of sp³-hybridized carbons (Fsp3) is 0.361. The van der Waals surface area contributed by atoms with Crippen molar-refractivity contribution in [3.05, 3.63) is 86.9 Å². The van der Waals surface area contributed by atoms with Gasteiger partial charge in [-0.2, -0.15) is 0 Å². The molecule has 48 heavy (non-hydrogen) atoms. The number of hydrogen-bond donors (Lipinski definition) is 1. The number of esters is 1. The van der Waals surface area contributed by atoms with Crippen LogP contribution in [-0.2, 0) is 38.6 Å². The Morgan fingerprint density at radius 1 is 1.04 bits per heavy atom. The van der Waals surface area contributed by atoms with Crippen LogP contribution in [0.2, 0.25) is 10.0 Å². The summed E-state index contributed by atoms with van der Waals surface area (Å²) in [5.41, 5.74) is 2.54. The van der Waals surface area contributed by atoms with Crippen LogP contribution in [0.4, 0.5) is 4.79 Å². The predicted molar refractivity (Wildman–Crippen MR) is 179 cm³/mol. The summed E-state index contributed by atoms with van der Waals surface area (Å²) in [4.78, 5) is 40.5. The average molecular weight is 696 g/mol. The number of carbonyl (C=O) groups excluding carboxylic acids is 3. The maximum absolute atomic E-state index is 13.5. The van der Waals surface area contributed by atoms with Crippen LogP contribution in [0.25, 0.3) is 0 Å². The molecule has 3 aromatic rings. The van der Waals surface area contributed by atoms with E-state index in [2.05, 4.69) is 11.2 Å². The van der Waals surface area contributed by atoms with Crippen molar-refractivity contribution in [1.82, 2.24) is 10.2 Å². The lowest BCUT2D eigenvalue weighted by Gasteiger charge is -2.38. The Labute approximate surface area is 289 Å². The van der Waals surface area contributed by atoms with Crippen molar-refractivity contribution in [3.8, 4) is 29.6 Å². The van der Waals surface area contributed by atoms with Gasteiger partial charge in [0, 0.05) is 12.8 Å². The van der Waals surface area contributed by atoms with Gasteiger partial charge in [0.2, 0.25) is 5.91 Å². The summed E-state index contributed by atoms with van der Waals surface area (Å²) in [6.45, 7) is 5.89. The van der Waals surface area contributed by atoms with Gasteiger partial charge in [-0.3, -0.25) is 9.69 Å². The average Bonchev–Trinajstić information content (AvgIpc) is 3.05. The van der Waals surface area contributed by atoms with Crippen LogP contribution in [-0.4, -0.2) is 54.3 Å². The van der Waals surface area contributed by atoms with Gasteiger partial charge in [0.15, 0.2) is 17.6 Å². The molecule has 0 spiro atoms. The van der Waals surface area contributed by atoms with Gasteiger partial charge in [-0.15, -0.1) is 12.3 Å². The first-order valence-electron chi connectivity index (χ1n) is 15.3. The highest BCUT2D eigenvalue weighted by Crippen LogP contribution is 2.41. The molecular formula is C36H36Cl2N2O8. The van der Waals surface area contributed by atoms with Crippen molar-refractivity contribution in [2.45, 2.75) is 70.6 Å². The highest BCUT2D eigenvalue weighted by molar-refractivity contribution is 6.42. The van der Waals surface area contributed by atoms with Gasteiger partial charge in [0.05, 0.1) is 23.7 Å². The van der Waals surface area contributed by atoms with E-state index in [9.17, 15) is 14.4 Å². The van der Waals surface area contributed by atoms with Gasteiger partial charge >= 0.3 is 12.1 Å². The molecule has 0 radical (unpaired) electrons. The number of ether oxygens (including phenoxy) is 5. The number of carbonyl (C=O) groups is 3. The SMILES string of the molecule is C#CC[C@H](NC(=O)C1Cc2cc3c(cc2CN1C(=O)OC(C)(C)C)OC(c1ccc(OCc2ccc(Cl)c(Cl)c2)cc1)CO3)C(=O)OC. The topological polar surface area (TPSA) is 113 Å². The number of benzene rings is 3. The summed E-state index contributed by atoms with van der Waals surface area (Å²) >= 11 is 12.1. The minimum absolute atomic E-state index is 0.0620. The molecule has 252 valence electrons. The number of hydrogen-bond acceptors (Lipinski definition) is 8. The largest absolute Gasteiger partial charge is 0.489 e. The summed E-state index contributed by atoms with van der Waals surface area (Å²) in [7, 11) is 1.21.